The van der Waals surface area contributed by atoms with Crippen molar-refractivity contribution < 1.29 is 185 Å². The molecular weight excluding hydrogens is 1910 g/mol. The lowest BCUT2D eigenvalue weighted by atomic mass is 9.33. The summed E-state index contributed by atoms with van der Waals surface area (Å²) in [5.41, 5.74) is -25.4. The average molecular weight is 2050 g/mol. The predicted octanol–water partition coefficient (Wildman–Crippen LogP) is 11.7. The van der Waals surface area contributed by atoms with Gasteiger partial charge in [0.15, 0.2) is 46.3 Å². The second-order valence-corrected chi connectivity index (χ2v) is 48.6. The lowest BCUT2D eigenvalue weighted by Gasteiger charge is -2.78. The summed E-state index contributed by atoms with van der Waals surface area (Å²) in [6, 6.07) is 5.28. The van der Waals surface area contributed by atoms with E-state index < -0.39 is 290 Å². The third-order valence-corrected chi connectivity index (χ3v) is 42.4. The fraction of sp³-hybridized carbons (Fsp3) is 0.757. The molecule has 12 heterocycles. The molecule has 39 nitrogen and oxygen atoms in total. The highest BCUT2D eigenvalue weighted by atomic mass is 17.0. The molecule has 798 valence electrons. The molecule has 12 bridgehead atoms. The van der Waals surface area contributed by atoms with Crippen LogP contribution in [0, 0.1) is 96.1 Å². The maximum atomic E-state index is 15.1. The zero-order chi connectivity index (χ0) is 106. The van der Waals surface area contributed by atoms with E-state index in [0.29, 0.717) is 42.6 Å². The van der Waals surface area contributed by atoms with Gasteiger partial charge in [-0.15, -0.1) is 0 Å². The van der Waals surface area contributed by atoms with Crippen LogP contribution < -0.4 is 0 Å². The van der Waals surface area contributed by atoms with Gasteiger partial charge >= 0.3 is 59.7 Å². The summed E-state index contributed by atoms with van der Waals surface area (Å²) in [5.74, 6) is -15.7. The predicted molar refractivity (Wildman–Crippen MR) is 489 cm³/mol. The Morgan fingerprint density at radius 3 is 1.15 bits per heavy atom. The van der Waals surface area contributed by atoms with E-state index in [9.17, 15) is 58.5 Å². The average Bonchev–Trinajstić information content (AvgIpc) is 1.41. The standard InChI is InChI=1S/C39H50O14.C38H48O14.C30H38O11/c1-19(2)26(45-10)25-27-32(5,28(48-20(3)40)22-12-15-47-17-22)13-14-36-34(7)23(16-24(42)44-9)33(6)18-37(34)39(46-11,30(33)49-21(4)41)31(50-29(25)43)38(27,36)53-35(8,51-36)52-37;1-18(2)25(42)24-26-31(5,27(47-19(3)39)21-11-14-46-16-21)12-13-35-33(7)22(15-23(41)44-9)32(6)17-36(33)38(45-10,29(32)48-20(4)40)30(49-28(24)43)37(26,35)52-34(8,50-35)51-36;1-23(20(36-6)15-7-10-37-13-15)8-9-27-25(3)16(11-18(31)35-5)24(2)14-28(25)29(34,21(24)33)22-30(27,17(23)12-19(32)38-22)41-26(4,39-27)40-28/h12,15,17,19,23,27-28,30-31H,13-14,16,18H2,1-11H3;11,14,16,18,22,26-27,29-30,42H,12-13,15,17H2,1-10H3;7,10,13,16-17,20-22,33-34H,8-9,11-12,14H2,1-6H3/b26-25-;25-24-;. The van der Waals surface area contributed by atoms with Gasteiger partial charge in [0.05, 0.1) is 95.8 Å². The van der Waals surface area contributed by atoms with Crippen LogP contribution in [0.4, 0.5) is 0 Å². The Morgan fingerprint density at radius 2 is 0.781 bits per heavy atom. The van der Waals surface area contributed by atoms with E-state index in [2.05, 4.69) is 13.8 Å². The van der Waals surface area contributed by atoms with Crippen LogP contribution in [0.5, 0.6) is 0 Å². The van der Waals surface area contributed by atoms with Gasteiger partial charge in [-0.2, -0.15) is 0 Å². The van der Waals surface area contributed by atoms with Crippen molar-refractivity contribution in [2.24, 2.45) is 96.1 Å². The third kappa shape index (κ3) is 10.6. The Morgan fingerprint density at radius 1 is 0.418 bits per heavy atom. The second-order valence-electron chi connectivity index (χ2n) is 48.6. The summed E-state index contributed by atoms with van der Waals surface area (Å²) in [6.07, 6.45) is 2.11. The fourth-order valence-corrected chi connectivity index (χ4v) is 38.9. The SMILES string of the molecule is COC(=O)CC1C2(C)CC34OC5(C)OC67C(/C(=C(/O)C(C)C)C(=O)OC6C3(OC)C2OC(C)=O)C(C)(C(OC(C)=O)c2ccoc2)CCC7(O5)C14C.COC(=O)CC1C2(C)CC34OC5(C)OC67C(/C(=C(/OC)C(C)C)C(=O)OC6C3(OC)C2OC(C)=O)C(C)(C(OC(C)=O)c2ccoc2)CCC7(O5)C14C.COC(=O)CC1C2(C)CC34OC5(C)OC67C(CC(=O)OC6C3(O)C2O)C(C)(C(OC)c2ccoc2)CCC7(O5)C14C. The molecule has 24 rings (SSSR count). The third-order valence-electron chi connectivity index (χ3n) is 42.4. The maximum absolute atomic E-state index is 15.1. The Bertz CT molecular complexity index is 6130. The van der Waals surface area contributed by atoms with Gasteiger partial charge in [0, 0.05) is 184 Å². The first-order valence-electron chi connectivity index (χ1n) is 50.9. The monoisotopic (exact) mass is 2040 g/mol. The molecule has 12 saturated carbocycles. The highest BCUT2D eigenvalue weighted by Gasteiger charge is 3.09. The van der Waals surface area contributed by atoms with Gasteiger partial charge in [-0.25, -0.2) is 9.59 Å². The highest BCUT2D eigenvalue weighted by molar-refractivity contribution is 5.94. The number of aliphatic hydroxyl groups excluding tert-OH is 2. The maximum Gasteiger partial charge on any atom is 0.338 e. The smallest absolute Gasteiger partial charge is 0.338 e. The van der Waals surface area contributed by atoms with E-state index in [4.69, 9.17) is 122 Å². The summed E-state index contributed by atoms with van der Waals surface area (Å²) in [4.78, 5) is 136. The van der Waals surface area contributed by atoms with Gasteiger partial charge in [0.25, 0.3) is 17.9 Å². The minimum Gasteiger partial charge on any atom is -0.511 e. The number of ether oxygens (including phenoxy) is 23. The minimum absolute atomic E-state index is 0.00174. The van der Waals surface area contributed by atoms with E-state index >= 15 is 4.79 Å². The van der Waals surface area contributed by atoms with E-state index in [1.54, 1.807) is 66.4 Å². The van der Waals surface area contributed by atoms with Crippen LogP contribution in [-0.2, 0) is 157 Å². The van der Waals surface area contributed by atoms with Crippen molar-refractivity contribution in [3.63, 3.8) is 0 Å². The molecule has 39 unspecified atom stereocenters. The fourth-order valence-electron chi connectivity index (χ4n) is 38.9. The number of furan rings is 3. The van der Waals surface area contributed by atoms with E-state index in [-0.39, 0.29) is 80.6 Å². The first kappa shape index (κ1) is 102. The number of hydrogen-bond donors (Lipinski definition) is 3. The van der Waals surface area contributed by atoms with Crippen molar-refractivity contribution in [1.29, 1.82) is 0 Å². The molecule has 21 aliphatic rings. The van der Waals surface area contributed by atoms with Crippen LogP contribution in [0.3, 0.4) is 0 Å². The van der Waals surface area contributed by atoms with Crippen molar-refractivity contribution in [3.05, 3.63) is 95.1 Å². The van der Waals surface area contributed by atoms with Crippen LogP contribution in [0.2, 0.25) is 0 Å². The topological polar surface area (TPSA) is 483 Å². The normalized spacial score (nSPS) is 51.2. The van der Waals surface area contributed by atoms with E-state index in [1.807, 2.05) is 68.4 Å². The first-order valence-corrected chi connectivity index (χ1v) is 50.9. The summed E-state index contributed by atoms with van der Waals surface area (Å²) < 4.78 is 167. The van der Waals surface area contributed by atoms with Crippen molar-refractivity contribution in [2.45, 2.75) is 362 Å². The number of fused-ring (bicyclic) bond motifs is 9. The van der Waals surface area contributed by atoms with Gasteiger partial charge in [-0.3, -0.25) is 38.4 Å². The number of aliphatic hydroxyl groups is 3. The molecule has 39 heteroatoms. The highest BCUT2D eigenvalue weighted by Crippen LogP contribution is 2.96. The van der Waals surface area contributed by atoms with Gasteiger partial charge in [-0.1, -0.05) is 90.0 Å². The molecule has 0 aromatic carbocycles. The van der Waals surface area contributed by atoms with Gasteiger partial charge in [0.2, 0.25) is 0 Å². The quantitative estimate of drug-likeness (QED) is 0.0364. The molecule has 12 aliphatic carbocycles. The van der Waals surface area contributed by atoms with Crippen molar-refractivity contribution in [3.8, 4) is 0 Å². The Kier molecular flexibility index (Phi) is 21.2. The number of carbonyl (C=O) groups excluding carboxylic acids is 10. The number of carbonyl (C=O) groups is 10. The molecule has 0 radical (unpaired) electrons. The van der Waals surface area contributed by atoms with Crippen LogP contribution in [0.25, 0.3) is 0 Å². The van der Waals surface area contributed by atoms with Crippen LogP contribution in [-0.4, -0.2) is 247 Å². The molecule has 39 atom stereocenters. The Labute approximate surface area is 844 Å². The summed E-state index contributed by atoms with van der Waals surface area (Å²) in [7, 11) is 10.1. The molecule has 21 fully saturated rings. The van der Waals surface area contributed by atoms with Gasteiger partial charge in [0.1, 0.15) is 75.1 Å². The minimum atomic E-state index is -2.03. The second kappa shape index (κ2) is 30.5. The summed E-state index contributed by atoms with van der Waals surface area (Å²) in [5, 5.41) is 37.2. The van der Waals surface area contributed by atoms with Crippen LogP contribution in [0.15, 0.2) is 91.7 Å². The summed E-state index contributed by atoms with van der Waals surface area (Å²) >= 11 is 0. The van der Waals surface area contributed by atoms with Gasteiger partial charge < -0.3 is 138 Å². The number of methoxy groups -OCH3 is 7. The Balaban J connectivity index is 0.000000126. The molecule has 9 saturated heterocycles. The summed E-state index contributed by atoms with van der Waals surface area (Å²) in [6.45, 7) is 35.5. The van der Waals surface area contributed by atoms with Crippen LogP contribution in [0.1, 0.15) is 257 Å². The zero-order valence-corrected chi connectivity index (χ0v) is 87.7. The number of rotatable bonds is 22. The molecule has 3 aromatic heterocycles. The zero-order valence-electron chi connectivity index (χ0n) is 87.7. The first-order chi connectivity index (χ1) is 68.2. The van der Waals surface area contributed by atoms with Crippen LogP contribution >= 0.6 is 0 Å². The molecule has 9 aliphatic heterocycles. The number of esters is 10. The van der Waals surface area contributed by atoms with Gasteiger partial charge in [-0.05, 0) is 93.7 Å². The molecule has 0 amide bonds. The lowest BCUT2D eigenvalue weighted by Crippen LogP contribution is -2.94. The van der Waals surface area contributed by atoms with Crippen molar-refractivity contribution in [2.75, 3.05) is 49.8 Å². The Hall–Kier alpha value is -8.94. The van der Waals surface area contributed by atoms with Crippen molar-refractivity contribution >= 4 is 59.7 Å². The van der Waals surface area contributed by atoms with E-state index in [0.717, 1.165) is 5.56 Å². The molecule has 3 N–H and O–H groups in total. The largest absolute Gasteiger partial charge is 0.511 e. The van der Waals surface area contributed by atoms with E-state index in [1.165, 1.54) is 95.4 Å². The lowest BCUT2D eigenvalue weighted by molar-refractivity contribution is -0.480. The molecule has 3 aromatic rings. The molecular formula is C107H136O39. The van der Waals surface area contributed by atoms with Crippen molar-refractivity contribution in [1.82, 2.24) is 0 Å². The number of hydrogen-bond acceptors (Lipinski definition) is 39. The number of allylic oxidation sites excluding steroid dienone is 2. The molecule has 146 heavy (non-hydrogen) atoms. The molecule has 9 spiro atoms.